The molecule has 10 heavy (non-hydrogen) atoms. The normalized spacial score (nSPS) is 13.9. The Morgan fingerprint density at radius 2 is 1.70 bits per heavy atom. The van der Waals surface area contributed by atoms with Crippen LogP contribution in [0.4, 0.5) is 0 Å². The Hall–Kier alpha value is -0.370. The first-order chi connectivity index (χ1) is 4.52. The Morgan fingerprint density at radius 3 is 1.80 bits per heavy atom. The molecule has 0 aromatic rings. The third-order valence-corrected chi connectivity index (χ3v) is 1.43. The van der Waals surface area contributed by atoms with Gasteiger partial charge in [0.1, 0.15) is 0 Å². The fourth-order valence-electron chi connectivity index (χ4n) is 0.981. The van der Waals surface area contributed by atoms with Crippen molar-refractivity contribution in [3.05, 3.63) is 0 Å². The molecular formula is C8H19N2+. The molecule has 0 saturated carbocycles. The molecule has 60 valence electrons. The average molecular weight is 143 g/mol. The topological polar surface area (TPSA) is 12.4 Å². The minimum atomic E-state index is 0.865. The van der Waals surface area contributed by atoms with Crippen LogP contribution < -0.4 is 0 Å². The van der Waals surface area contributed by atoms with Crippen molar-refractivity contribution < 1.29 is 4.48 Å². The summed E-state index contributed by atoms with van der Waals surface area (Å²) in [5.74, 6) is 1.27. The molecule has 0 aromatic carbocycles. The van der Waals surface area contributed by atoms with Crippen LogP contribution in [-0.4, -0.2) is 38.0 Å². The van der Waals surface area contributed by atoms with Gasteiger partial charge in [0.2, 0.25) is 0 Å². The van der Waals surface area contributed by atoms with Gasteiger partial charge in [0.05, 0.1) is 21.1 Å². The van der Waals surface area contributed by atoms with Gasteiger partial charge in [0, 0.05) is 13.0 Å². The monoisotopic (exact) mass is 143 g/mol. The molecule has 0 aliphatic carbocycles. The van der Waals surface area contributed by atoms with Crippen LogP contribution in [0.5, 0.6) is 0 Å². The molecular weight excluding hydrogens is 124 g/mol. The maximum Gasteiger partial charge on any atom is 0.197 e. The highest BCUT2D eigenvalue weighted by Crippen LogP contribution is 1.98. The van der Waals surface area contributed by atoms with E-state index in [1.807, 2.05) is 0 Å². The van der Waals surface area contributed by atoms with Crippen molar-refractivity contribution in [2.45, 2.75) is 20.3 Å². The molecule has 0 heterocycles. The van der Waals surface area contributed by atoms with Crippen LogP contribution in [0.15, 0.2) is 4.99 Å². The van der Waals surface area contributed by atoms with E-state index in [1.165, 1.54) is 5.84 Å². The summed E-state index contributed by atoms with van der Waals surface area (Å²) in [7, 11) is 6.45. The molecule has 0 fully saturated rings. The van der Waals surface area contributed by atoms with Crippen molar-refractivity contribution in [3.8, 4) is 0 Å². The van der Waals surface area contributed by atoms with Crippen molar-refractivity contribution in [1.82, 2.24) is 0 Å². The molecule has 0 atom stereocenters. The van der Waals surface area contributed by atoms with Gasteiger partial charge in [-0.2, -0.15) is 0 Å². The highest BCUT2D eigenvalue weighted by Gasteiger charge is 2.14. The zero-order valence-electron chi connectivity index (χ0n) is 7.81. The molecule has 2 heteroatoms. The van der Waals surface area contributed by atoms with E-state index in [9.17, 15) is 0 Å². The standard InChI is InChI=1S/C8H19N2/c1-6-8(9-7-2)10(3,4)5/h6-7H2,1-5H3/q+1. The van der Waals surface area contributed by atoms with Crippen LogP contribution in [0.25, 0.3) is 0 Å². The first-order valence-corrected chi connectivity index (χ1v) is 3.87. The number of hydrogen-bond acceptors (Lipinski definition) is 1. The second-order valence-corrected chi connectivity index (χ2v) is 3.26. The molecule has 0 bridgehead atoms. The van der Waals surface area contributed by atoms with Crippen LogP contribution >= 0.6 is 0 Å². The second-order valence-electron chi connectivity index (χ2n) is 3.26. The Kier molecular flexibility index (Phi) is 3.58. The van der Waals surface area contributed by atoms with E-state index in [4.69, 9.17) is 0 Å². The fourth-order valence-corrected chi connectivity index (χ4v) is 0.981. The molecule has 0 spiro atoms. The smallest absolute Gasteiger partial charge is 0.197 e. The Labute approximate surface area is 64.2 Å². The van der Waals surface area contributed by atoms with Gasteiger partial charge in [0.15, 0.2) is 5.84 Å². The third kappa shape index (κ3) is 2.97. The van der Waals surface area contributed by atoms with Crippen molar-refractivity contribution in [2.75, 3.05) is 27.7 Å². The maximum atomic E-state index is 4.40. The van der Waals surface area contributed by atoms with Crippen LogP contribution in [0, 0.1) is 0 Å². The third-order valence-electron chi connectivity index (χ3n) is 1.43. The lowest BCUT2D eigenvalue weighted by molar-refractivity contribution is -0.778. The summed E-state index contributed by atoms with van der Waals surface area (Å²) in [5, 5.41) is 0. The molecule has 0 N–H and O–H groups in total. The Balaban J connectivity index is 4.21. The van der Waals surface area contributed by atoms with Gasteiger partial charge in [-0.15, -0.1) is 0 Å². The summed E-state index contributed by atoms with van der Waals surface area (Å²) in [6, 6.07) is 0. The van der Waals surface area contributed by atoms with E-state index in [0.717, 1.165) is 17.4 Å². The van der Waals surface area contributed by atoms with Crippen LogP contribution in [0.2, 0.25) is 0 Å². The van der Waals surface area contributed by atoms with Crippen molar-refractivity contribution in [3.63, 3.8) is 0 Å². The summed E-state index contributed by atoms with van der Waals surface area (Å²) >= 11 is 0. The van der Waals surface area contributed by atoms with E-state index >= 15 is 0 Å². The zero-order valence-corrected chi connectivity index (χ0v) is 7.81. The molecule has 0 aliphatic rings. The molecule has 0 amide bonds. The van der Waals surface area contributed by atoms with E-state index < -0.39 is 0 Å². The summed E-state index contributed by atoms with van der Waals surface area (Å²) in [4.78, 5) is 4.40. The minimum absolute atomic E-state index is 0.865. The average Bonchev–Trinajstić information content (AvgIpc) is 1.80. The highest BCUT2D eigenvalue weighted by molar-refractivity contribution is 5.74. The predicted octanol–water partition coefficient (Wildman–Crippen LogP) is 1.52. The van der Waals surface area contributed by atoms with Crippen LogP contribution in [0.3, 0.4) is 0 Å². The van der Waals surface area contributed by atoms with Crippen molar-refractivity contribution in [2.24, 2.45) is 4.99 Å². The predicted molar refractivity (Wildman–Crippen MR) is 46.3 cm³/mol. The highest BCUT2D eigenvalue weighted by atomic mass is 15.3. The van der Waals surface area contributed by atoms with E-state index in [0.29, 0.717) is 0 Å². The number of aliphatic imine (C=N–C) groups is 1. The minimum Gasteiger partial charge on any atom is -0.286 e. The van der Waals surface area contributed by atoms with Crippen molar-refractivity contribution in [1.29, 1.82) is 0 Å². The number of rotatable bonds is 2. The fraction of sp³-hybridized carbons (Fsp3) is 0.875. The molecule has 0 unspecified atom stereocenters. The quantitative estimate of drug-likeness (QED) is 0.316. The van der Waals surface area contributed by atoms with Gasteiger partial charge in [-0.1, -0.05) is 6.92 Å². The van der Waals surface area contributed by atoms with Crippen LogP contribution in [0.1, 0.15) is 20.3 Å². The molecule has 0 aliphatic heterocycles. The Bertz CT molecular complexity index is 120. The number of nitrogens with zero attached hydrogens (tertiary/aromatic N) is 2. The summed E-state index contributed by atoms with van der Waals surface area (Å²) < 4.78 is 0.865. The lowest BCUT2D eigenvalue weighted by Crippen LogP contribution is -2.40. The number of quaternary nitrogens is 1. The summed E-state index contributed by atoms with van der Waals surface area (Å²) in [6.45, 7) is 5.13. The largest absolute Gasteiger partial charge is 0.286 e. The molecule has 0 radical (unpaired) electrons. The maximum absolute atomic E-state index is 4.40. The number of amidine groups is 1. The van der Waals surface area contributed by atoms with Crippen molar-refractivity contribution >= 4 is 5.84 Å². The first kappa shape index (κ1) is 9.63. The zero-order chi connectivity index (χ0) is 8.20. The van der Waals surface area contributed by atoms with E-state index in [-0.39, 0.29) is 0 Å². The van der Waals surface area contributed by atoms with Gasteiger partial charge >= 0.3 is 0 Å². The van der Waals surface area contributed by atoms with Gasteiger partial charge < -0.3 is 0 Å². The Morgan fingerprint density at radius 1 is 1.20 bits per heavy atom. The van der Waals surface area contributed by atoms with Gasteiger partial charge in [-0.05, 0) is 6.92 Å². The SMILES string of the molecule is CCN=C(CC)[N+](C)(C)C. The van der Waals surface area contributed by atoms with Gasteiger partial charge in [-0.25, -0.2) is 4.99 Å². The molecule has 0 rings (SSSR count). The lowest BCUT2D eigenvalue weighted by Gasteiger charge is -2.23. The number of hydrogen-bond donors (Lipinski definition) is 0. The second kappa shape index (κ2) is 3.71. The molecule has 0 saturated heterocycles. The van der Waals surface area contributed by atoms with Gasteiger partial charge in [0.25, 0.3) is 0 Å². The lowest BCUT2D eigenvalue weighted by atomic mass is 10.3. The van der Waals surface area contributed by atoms with Gasteiger partial charge in [-0.3, -0.25) is 4.48 Å². The summed E-state index contributed by atoms with van der Waals surface area (Å²) in [5.41, 5.74) is 0. The molecule has 2 nitrogen and oxygen atoms in total. The summed E-state index contributed by atoms with van der Waals surface area (Å²) in [6.07, 6.45) is 1.05. The molecule has 0 aromatic heterocycles. The van der Waals surface area contributed by atoms with E-state index in [2.05, 4.69) is 40.0 Å². The van der Waals surface area contributed by atoms with E-state index in [1.54, 1.807) is 0 Å². The van der Waals surface area contributed by atoms with Crippen LogP contribution in [-0.2, 0) is 0 Å². The first-order valence-electron chi connectivity index (χ1n) is 3.87.